The molecular formula is C17H18ClNO2. The summed E-state index contributed by atoms with van der Waals surface area (Å²) in [6, 6.07) is 14.8. The second-order valence-electron chi connectivity index (χ2n) is 4.61. The van der Waals surface area contributed by atoms with Crippen LogP contribution in [0, 0.1) is 0 Å². The maximum Gasteiger partial charge on any atom is 0.251 e. The van der Waals surface area contributed by atoms with Gasteiger partial charge in [0, 0.05) is 10.6 Å². The van der Waals surface area contributed by atoms with E-state index in [-0.39, 0.29) is 5.91 Å². The molecular weight excluding hydrogens is 286 g/mol. The van der Waals surface area contributed by atoms with Crippen molar-refractivity contribution >= 4 is 17.5 Å². The average molecular weight is 304 g/mol. The first kappa shape index (κ1) is 15.4. The van der Waals surface area contributed by atoms with Gasteiger partial charge in [-0.15, -0.1) is 0 Å². The van der Waals surface area contributed by atoms with Crippen LogP contribution >= 0.6 is 11.6 Å². The second-order valence-corrected chi connectivity index (χ2v) is 5.05. The zero-order valence-corrected chi connectivity index (χ0v) is 12.7. The van der Waals surface area contributed by atoms with Gasteiger partial charge in [0.2, 0.25) is 0 Å². The molecule has 1 amide bonds. The van der Waals surface area contributed by atoms with E-state index in [1.807, 2.05) is 18.2 Å². The Morgan fingerprint density at radius 3 is 2.67 bits per heavy atom. The minimum atomic E-state index is -0.127. The van der Waals surface area contributed by atoms with Crippen molar-refractivity contribution in [2.45, 2.75) is 13.3 Å². The molecule has 0 unspecified atom stereocenters. The summed E-state index contributed by atoms with van der Waals surface area (Å²) in [7, 11) is 0. The number of aryl methyl sites for hydroxylation is 1. The van der Waals surface area contributed by atoms with Crippen LogP contribution in [0.3, 0.4) is 0 Å². The van der Waals surface area contributed by atoms with Crippen molar-refractivity contribution < 1.29 is 9.53 Å². The predicted octanol–water partition coefficient (Wildman–Crippen LogP) is 3.71. The highest BCUT2D eigenvalue weighted by atomic mass is 35.5. The highest BCUT2D eigenvalue weighted by molar-refractivity contribution is 6.30. The van der Waals surface area contributed by atoms with Gasteiger partial charge in [0.05, 0.1) is 6.54 Å². The molecule has 2 aromatic carbocycles. The molecule has 1 N–H and O–H groups in total. The smallest absolute Gasteiger partial charge is 0.251 e. The van der Waals surface area contributed by atoms with Gasteiger partial charge in [0.25, 0.3) is 5.91 Å². The summed E-state index contributed by atoms with van der Waals surface area (Å²) in [5.74, 6) is 0.702. The van der Waals surface area contributed by atoms with E-state index in [0.717, 1.165) is 12.2 Å². The molecule has 0 bridgehead atoms. The van der Waals surface area contributed by atoms with Gasteiger partial charge in [-0.1, -0.05) is 30.7 Å². The van der Waals surface area contributed by atoms with Gasteiger partial charge >= 0.3 is 0 Å². The molecule has 0 saturated carbocycles. The molecule has 0 atom stereocenters. The van der Waals surface area contributed by atoms with Crippen molar-refractivity contribution in [1.29, 1.82) is 0 Å². The molecule has 0 aliphatic rings. The fourth-order valence-electron chi connectivity index (χ4n) is 1.89. The normalized spacial score (nSPS) is 10.2. The molecule has 0 aliphatic heterocycles. The number of ether oxygens (including phenoxy) is 1. The molecule has 0 saturated heterocycles. The second kappa shape index (κ2) is 7.70. The Bertz CT molecular complexity index is 596. The minimum Gasteiger partial charge on any atom is -0.492 e. The maximum absolute atomic E-state index is 11.9. The van der Waals surface area contributed by atoms with Gasteiger partial charge in [-0.05, 0) is 48.4 Å². The van der Waals surface area contributed by atoms with Crippen LogP contribution in [0.15, 0.2) is 48.5 Å². The van der Waals surface area contributed by atoms with Crippen molar-refractivity contribution in [1.82, 2.24) is 5.32 Å². The third-order valence-electron chi connectivity index (χ3n) is 3.07. The fraction of sp³-hybridized carbons (Fsp3) is 0.235. The number of halogens is 1. The molecule has 2 aromatic rings. The number of hydrogen-bond acceptors (Lipinski definition) is 2. The number of carbonyl (C=O) groups excluding carboxylic acids is 1. The SMILES string of the molecule is CCc1cccc(OCCNC(=O)c2ccc(Cl)cc2)c1. The monoisotopic (exact) mass is 303 g/mol. The highest BCUT2D eigenvalue weighted by Gasteiger charge is 2.04. The molecule has 0 aromatic heterocycles. The zero-order chi connectivity index (χ0) is 15.1. The lowest BCUT2D eigenvalue weighted by atomic mass is 10.2. The number of nitrogens with one attached hydrogen (secondary N) is 1. The zero-order valence-electron chi connectivity index (χ0n) is 11.9. The van der Waals surface area contributed by atoms with Crippen LogP contribution in [0.4, 0.5) is 0 Å². The van der Waals surface area contributed by atoms with Crippen LogP contribution in [0.5, 0.6) is 5.75 Å². The van der Waals surface area contributed by atoms with Gasteiger partial charge in [-0.2, -0.15) is 0 Å². The van der Waals surface area contributed by atoms with E-state index in [0.29, 0.717) is 23.7 Å². The Morgan fingerprint density at radius 2 is 1.95 bits per heavy atom. The van der Waals surface area contributed by atoms with E-state index in [4.69, 9.17) is 16.3 Å². The summed E-state index contributed by atoms with van der Waals surface area (Å²) in [5, 5.41) is 3.43. The van der Waals surface area contributed by atoms with Crippen LogP contribution in [-0.2, 0) is 6.42 Å². The largest absolute Gasteiger partial charge is 0.492 e. The minimum absolute atomic E-state index is 0.127. The first-order valence-electron chi connectivity index (χ1n) is 6.94. The predicted molar refractivity (Wildman–Crippen MR) is 85.1 cm³/mol. The molecule has 0 fully saturated rings. The van der Waals surface area contributed by atoms with Crippen LogP contribution in [0.25, 0.3) is 0 Å². The van der Waals surface area contributed by atoms with E-state index in [1.165, 1.54) is 5.56 Å². The Balaban J connectivity index is 1.76. The Hall–Kier alpha value is -2.00. The van der Waals surface area contributed by atoms with Gasteiger partial charge < -0.3 is 10.1 Å². The number of rotatable bonds is 6. The van der Waals surface area contributed by atoms with Crippen molar-refractivity contribution in [2.75, 3.05) is 13.2 Å². The first-order valence-corrected chi connectivity index (χ1v) is 7.32. The van der Waals surface area contributed by atoms with E-state index < -0.39 is 0 Å². The lowest BCUT2D eigenvalue weighted by Gasteiger charge is -2.09. The van der Waals surface area contributed by atoms with Crippen molar-refractivity contribution in [3.8, 4) is 5.75 Å². The summed E-state index contributed by atoms with van der Waals surface area (Å²) in [4.78, 5) is 11.9. The molecule has 0 radical (unpaired) electrons. The van der Waals surface area contributed by atoms with E-state index in [1.54, 1.807) is 24.3 Å². The van der Waals surface area contributed by atoms with Crippen molar-refractivity contribution in [2.24, 2.45) is 0 Å². The Morgan fingerprint density at radius 1 is 1.19 bits per heavy atom. The summed E-state index contributed by atoms with van der Waals surface area (Å²) >= 11 is 5.78. The molecule has 3 nitrogen and oxygen atoms in total. The van der Waals surface area contributed by atoms with Crippen LogP contribution in [0.2, 0.25) is 5.02 Å². The van der Waals surface area contributed by atoms with Crippen molar-refractivity contribution in [3.63, 3.8) is 0 Å². The van der Waals surface area contributed by atoms with Gasteiger partial charge in [-0.3, -0.25) is 4.79 Å². The van der Waals surface area contributed by atoms with Gasteiger partial charge in [0.15, 0.2) is 0 Å². The lowest BCUT2D eigenvalue weighted by Crippen LogP contribution is -2.28. The number of hydrogen-bond donors (Lipinski definition) is 1. The van der Waals surface area contributed by atoms with Gasteiger partial charge in [-0.25, -0.2) is 0 Å². The number of benzene rings is 2. The average Bonchev–Trinajstić information content (AvgIpc) is 2.52. The molecule has 21 heavy (non-hydrogen) atoms. The number of carbonyl (C=O) groups is 1. The third-order valence-corrected chi connectivity index (χ3v) is 3.32. The summed E-state index contributed by atoms with van der Waals surface area (Å²) in [6.07, 6.45) is 0.977. The van der Waals surface area contributed by atoms with Crippen LogP contribution in [0.1, 0.15) is 22.8 Å². The third kappa shape index (κ3) is 4.80. The van der Waals surface area contributed by atoms with Crippen molar-refractivity contribution in [3.05, 3.63) is 64.7 Å². The molecule has 2 rings (SSSR count). The molecule has 4 heteroatoms. The molecule has 110 valence electrons. The standard InChI is InChI=1S/C17H18ClNO2/c1-2-13-4-3-5-16(12-13)21-11-10-19-17(20)14-6-8-15(18)9-7-14/h3-9,12H,2,10-11H2,1H3,(H,19,20). The van der Waals surface area contributed by atoms with E-state index in [9.17, 15) is 4.79 Å². The molecule has 0 heterocycles. The van der Waals surface area contributed by atoms with Crippen LogP contribution in [-0.4, -0.2) is 19.1 Å². The quantitative estimate of drug-likeness (QED) is 0.826. The maximum atomic E-state index is 11.9. The Labute approximate surface area is 129 Å². The molecule has 0 aliphatic carbocycles. The van der Waals surface area contributed by atoms with E-state index in [2.05, 4.69) is 18.3 Å². The summed E-state index contributed by atoms with van der Waals surface area (Å²) in [5.41, 5.74) is 1.82. The topological polar surface area (TPSA) is 38.3 Å². The van der Waals surface area contributed by atoms with Crippen LogP contribution < -0.4 is 10.1 Å². The Kier molecular flexibility index (Phi) is 5.64. The summed E-state index contributed by atoms with van der Waals surface area (Å²) < 4.78 is 5.62. The lowest BCUT2D eigenvalue weighted by molar-refractivity contribution is 0.0947. The van der Waals surface area contributed by atoms with Gasteiger partial charge in [0.1, 0.15) is 12.4 Å². The van der Waals surface area contributed by atoms with E-state index >= 15 is 0 Å². The first-order chi connectivity index (χ1) is 10.2. The fourth-order valence-corrected chi connectivity index (χ4v) is 2.02. The highest BCUT2D eigenvalue weighted by Crippen LogP contribution is 2.13. The number of amides is 1. The molecule has 0 spiro atoms. The summed E-state index contributed by atoms with van der Waals surface area (Å²) in [6.45, 7) is 3.00.